The Morgan fingerprint density at radius 1 is 1.10 bits per heavy atom. The lowest BCUT2D eigenvalue weighted by atomic mass is 10.4. The van der Waals surface area contributed by atoms with Gasteiger partial charge in [-0.2, -0.15) is 4.98 Å². The first-order chi connectivity index (χ1) is 9.85. The normalized spacial score (nSPS) is 10.2. The molecule has 7 nitrogen and oxygen atoms in total. The second-order valence-electron chi connectivity index (χ2n) is 3.66. The van der Waals surface area contributed by atoms with Gasteiger partial charge in [-0.3, -0.25) is 0 Å². The number of thiazole rings is 1. The van der Waals surface area contributed by atoms with E-state index in [-0.39, 0.29) is 0 Å². The smallest absolute Gasteiger partial charge is 0.316 e. The third-order valence-corrected chi connectivity index (χ3v) is 3.29. The first-order valence-electron chi connectivity index (χ1n) is 5.72. The lowest BCUT2D eigenvalue weighted by Gasteiger charge is -1.99. The molecule has 100 valence electrons. The van der Waals surface area contributed by atoms with Crippen molar-refractivity contribution in [2.24, 2.45) is 0 Å². The van der Waals surface area contributed by atoms with Crippen LogP contribution in [0.1, 0.15) is 0 Å². The minimum absolute atomic E-state index is 0.330. The summed E-state index contributed by atoms with van der Waals surface area (Å²) in [4.78, 5) is 21.6. The molecule has 8 heteroatoms. The van der Waals surface area contributed by atoms with Crippen LogP contribution in [0.2, 0.25) is 0 Å². The number of anilines is 2. The largest absolute Gasteiger partial charge is 0.467 e. The molecule has 0 amide bonds. The van der Waals surface area contributed by atoms with Crippen molar-refractivity contribution in [2.45, 2.75) is 0 Å². The van der Waals surface area contributed by atoms with Crippen molar-refractivity contribution in [3.8, 4) is 16.6 Å². The molecule has 3 heterocycles. The third kappa shape index (κ3) is 2.69. The van der Waals surface area contributed by atoms with Crippen LogP contribution in [-0.2, 0) is 0 Å². The Bertz CT molecular complexity index is 702. The molecule has 0 bridgehead atoms. The molecule has 1 N–H and O–H groups in total. The van der Waals surface area contributed by atoms with Crippen LogP contribution in [0.5, 0.6) is 6.01 Å². The van der Waals surface area contributed by atoms with E-state index < -0.39 is 0 Å². The number of nitrogens with one attached hydrogen (secondary N) is 1. The minimum Gasteiger partial charge on any atom is -0.467 e. The second-order valence-corrected chi connectivity index (χ2v) is 4.69. The summed E-state index contributed by atoms with van der Waals surface area (Å²) in [5.41, 5.74) is 0.761. The zero-order valence-electron chi connectivity index (χ0n) is 10.5. The van der Waals surface area contributed by atoms with Gasteiger partial charge in [0.25, 0.3) is 0 Å². The Morgan fingerprint density at radius 2 is 1.95 bits per heavy atom. The Kier molecular flexibility index (Phi) is 3.46. The van der Waals surface area contributed by atoms with E-state index in [0.717, 1.165) is 10.6 Å². The fourth-order valence-electron chi connectivity index (χ4n) is 1.49. The molecule has 3 rings (SSSR count). The zero-order chi connectivity index (χ0) is 13.8. The summed E-state index contributed by atoms with van der Waals surface area (Å²) in [6, 6.07) is 3.89. The van der Waals surface area contributed by atoms with Crippen LogP contribution in [0.25, 0.3) is 10.6 Å². The fourth-order valence-corrected chi connectivity index (χ4v) is 2.27. The summed E-state index contributed by atoms with van der Waals surface area (Å²) in [6.45, 7) is 0. The van der Waals surface area contributed by atoms with E-state index in [1.807, 2.05) is 0 Å². The van der Waals surface area contributed by atoms with Crippen LogP contribution in [-0.4, -0.2) is 32.0 Å². The highest BCUT2D eigenvalue weighted by atomic mass is 32.1. The quantitative estimate of drug-likeness (QED) is 0.786. The lowest BCUT2D eigenvalue weighted by Crippen LogP contribution is -1.94. The van der Waals surface area contributed by atoms with E-state index in [2.05, 4.69) is 30.2 Å². The molecule has 3 aromatic heterocycles. The van der Waals surface area contributed by atoms with Crippen molar-refractivity contribution in [3.63, 3.8) is 0 Å². The van der Waals surface area contributed by atoms with E-state index >= 15 is 0 Å². The Balaban J connectivity index is 1.83. The van der Waals surface area contributed by atoms with Gasteiger partial charge in [0.1, 0.15) is 0 Å². The number of rotatable bonds is 4. The molecule has 0 aliphatic heterocycles. The predicted octanol–water partition coefficient (Wildman–Crippen LogP) is 2.14. The lowest BCUT2D eigenvalue weighted by molar-refractivity contribution is 0.380. The van der Waals surface area contributed by atoms with Gasteiger partial charge in [-0.1, -0.05) is 11.3 Å². The van der Waals surface area contributed by atoms with Gasteiger partial charge in [0.05, 0.1) is 17.7 Å². The van der Waals surface area contributed by atoms with Crippen LogP contribution in [0, 0.1) is 0 Å². The van der Waals surface area contributed by atoms with Gasteiger partial charge in [-0.25, -0.2) is 19.9 Å². The third-order valence-electron chi connectivity index (χ3n) is 2.36. The van der Waals surface area contributed by atoms with Gasteiger partial charge < -0.3 is 10.1 Å². The van der Waals surface area contributed by atoms with E-state index in [1.165, 1.54) is 18.4 Å². The Morgan fingerprint density at radius 3 is 2.75 bits per heavy atom. The molecular weight excluding hydrogens is 276 g/mol. The van der Waals surface area contributed by atoms with Gasteiger partial charge in [0.2, 0.25) is 5.95 Å². The summed E-state index contributed by atoms with van der Waals surface area (Å²) in [5, 5.41) is 3.73. The standard InChI is InChI=1S/C12H10N6OS/c1-19-11-15-6-3-8(17-11)9-7-16-12(20-9)18-10-13-4-2-5-14-10/h2-7H,1H3,(H,13,14,16,18). The molecule has 20 heavy (non-hydrogen) atoms. The Hall–Kier alpha value is -2.61. The van der Waals surface area contributed by atoms with Gasteiger partial charge >= 0.3 is 6.01 Å². The highest BCUT2D eigenvalue weighted by molar-refractivity contribution is 7.18. The van der Waals surface area contributed by atoms with Crippen molar-refractivity contribution < 1.29 is 4.74 Å². The van der Waals surface area contributed by atoms with Crippen molar-refractivity contribution >= 4 is 22.4 Å². The van der Waals surface area contributed by atoms with Crippen LogP contribution >= 0.6 is 11.3 Å². The van der Waals surface area contributed by atoms with E-state index in [9.17, 15) is 0 Å². The van der Waals surface area contributed by atoms with Crippen molar-refractivity contribution in [1.29, 1.82) is 0 Å². The average Bonchev–Trinajstić information content (AvgIpc) is 2.97. The van der Waals surface area contributed by atoms with Crippen molar-refractivity contribution in [2.75, 3.05) is 12.4 Å². The van der Waals surface area contributed by atoms with E-state index in [4.69, 9.17) is 4.74 Å². The summed E-state index contributed by atoms with van der Waals surface area (Å²) in [7, 11) is 1.53. The van der Waals surface area contributed by atoms with E-state index in [0.29, 0.717) is 17.1 Å². The number of hydrogen-bond acceptors (Lipinski definition) is 8. The van der Waals surface area contributed by atoms with Gasteiger partial charge in [0.15, 0.2) is 5.13 Å². The van der Waals surface area contributed by atoms with Gasteiger partial charge in [-0.05, 0) is 12.1 Å². The molecule has 0 unspecified atom stereocenters. The first kappa shape index (κ1) is 12.4. The molecule has 0 aromatic carbocycles. The van der Waals surface area contributed by atoms with Crippen LogP contribution in [0.15, 0.2) is 36.9 Å². The number of aromatic nitrogens is 5. The molecule has 0 fully saturated rings. The van der Waals surface area contributed by atoms with E-state index in [1.54, 1.807) is 36.9 Å². The molecule has 0 saturated heterocycles. The van der Waals surface area contributed by atoms with Crippen molar-refractivity contribution in [3.05, 3.63) is 36.9 Å². The number of methoxy groups -OCH3 is 1. The van der Waals surface area contributed by atoms with Crippen LogP contribution in [0.3, 0.4) is 0 Å². The fraction of sp³-hybridized carbons (Fsp3) is 0.0833. The Labute approximate surface area is 118 Å². The van der Waals surface area contributed by atoms with Gasteiger partial charge in [0, 0.05) is 24.8 Å². The monoisotopic (exact) mass is 286 g/mol. The highest BCUT2D eigenvalue weighted by Crippen LogP contribution is 2.29. The van der Waals surface area contributed by atoms with Crippen LogP contribution in [0.4, 0.5) is 11.1 Å². The van der Waals surface area contributed by atoms with Crippen molar-refractivity contribution in [1.82, 2.24) is 24.9 Å². The molecular formula is C12H10N6OS. The molecule has 0 aliphatic rings. The highest BCUT2D eigenvalue weighted by Gasteiger charge is 2.08. The molecule has 0 atom stereocenters. The summed E-state index contributed by atoms with van der Waals surface area (Å²) in [5.74, 6) is 0.508. The topological polar surface area (TPSA) is 85.7 Å². The zero-order valence-corrected chi connectivity index (χ0v) is 11.3. The molecule has 3 aromatic rings. The second kappa shape index (κ2) is 5.57. The maximum Gasteiger partial charge on any atom is 0.316 e. The first-order valence-corrected chi connectivity index (χ1v) is 6.54. The predicted molar refractivity (Wildman–Crippen MR) is 75.0 cm³/mol. The molecule has 0 aliphatic carbocycles. The maximum atomic E-state index is 5.01. The average molecular weight is 286 g/mol. The SMILES string of the molecule is COc1nccc(-c2cnc(Nc3ncccn3)s2)n1. The van der Waals surface area contributed by atoms with Crippen LogP contribution < -0.4 is 10.1 Å². The summed E-state index contributed by atoms with van der Waals surface area (Å²) >= 11 is 1.45. The molecule has 0 saturated carbocycles. The maximum absolute atomic E-state index is 5.01. The molecule has 0 radical (unpaired) electrons. The number of ether oxygens (including phenoxy) is 1. The van der Waals surface area contributed by atoms with Gasteiger partial charge in [-0.15, -0.1) is 0 Å². The summed E-state index contributed by atoms with van der Waals surface area (Å²) < 4.78 is 5.01. The number of hydrogen-bond donors (Lipinski definition) is 1. The number of nitrogens with zero attached hydrogens (tertiary/aromatic N) is 5. The molecule has 0 spiro atoms. The summed E-state index contributed by atoms with van der Waals surface area (Å²) in [6.07, 6.45) is 6.71. The minimum atomic E-state index is 0.330.